The summed E-state index contributed by atoms with van der Waals surface area (Å²) in [6.45, 7) is 1.48. The first-order chi connectivity index (χ1) is 7.59. The van der Waals surface area contributed by atoms with Crippen LogP contribution in [0.4, 0.5) is 8.78 Å². The smallest absolute Gasteiger partial charge is 0.282 e. The first kappa shape index (κ1) is 13.1. The maximum absolute atomic E-state index is 12.7. The van der Waals surface area contributed by atoms with E-state index in [0.717, 1.165) is 18.7 Å². The second-order valence-corrected chi connectivity index (χ2v) is 3.66. The number of halogens is 2. The molecule has 1 heterocycles. The van der Waals surface area contributed by atoms with Gasteiger partial charge in [-0.1, -0.05) is 6.92 Å². The molecule has 2 N–H and O–H groups in total. The van der Waals surface area contributed by atoms with E-state index < -0.39 is 19.1 Å². The summed E-state index contributed by atoms with van der Waals surface area (Å²) in [4.78, 5) is 0. The van der Waals surface area contributed by atoms with Gasteiger partial charge in [0.2, 0.25) is 0 Å². The molecular formula is C10H17F2N3O. The molecule has 0 amide bonds. The predicted octanol–water partition coefficient (Wildman–Crippen LogP) is 1.01. The van der Waals surface area contributed by atoms with E-state index in [1.165, 1.54) is 0 Å². The third kappa shape index (κ3) is 3.86. The second-order valence-electron chi connectivity index (χ2n) is 3.66. The highest BCUT2D eigenvalue weighted by molar-refractivity contribution is 5.00. The normalized spacial score (nSPS) is 12.0. The average Bonchev–Trinajstić information content (AvgIpc) is 2.66. The molecule has 92 valence electrons. The predicted molar refractivity (Wildman–Crippen MR) is 56.3 cm³/mol. The molecule has 0 bridgehead atoms. The van der Waals surface area contributed by atoms with Crippen LogP contribution >= 0.6 is 0 Å². The molecule has 6 heteroatoms. The van der Waals surface area contributed by atoms with E-state index in [9.17, 15) is 8.78 Å². The van der Waals surface area contributed by atoms with Gasteiger partial charge in [0.15, 0.2) is 0 Å². The van der Waals surface area contributed by atoms with Crippen LogP contribution in [0.3, 0.4) is 0 Å². The van der Waals surface area contributed by atoms with Gasteiger partial charge in [0.1, 0.15) is 6.61 Å². The quantitative estimate of drug-likeness (QED) is 0.739. The number of aromatic nitrogens is 2. The third-order valence-corrected chi connectivity index (χ3v) is 2.16. The SMILES string of the molecule is CCCn1nccc1CNCC(F)(F)CO. The second kappa shape index (κ2) is 5.91. The molecule has 0 aromatic carbocycles. The summed E-state index contributed by atoms with van der Waals surface area (Å²) >= 11 is 0. The van der Waals surface area contributed by atoms with Crippen molar-refractivity contribution in [2.45, 2.75) is 32.4 Å². The van der Waals surface area contributed by atoms with Crippen molar-refractivity contribution in [2.24, 2.45) is 0 Å². The van der Waals surface area contributed by atoms with Crippen molar-refractivity contribution >= 4 is 0 Å². The van der Waals surface area contributed by atoms with Crippen molar-refractivity contribution in [3.05, 3.63) is 18.0 Å². The van der Waals surface area contributed by atoms with E-state index in [0.29, 0.717) is 6.54 Å². The van der Waals surface area contributed by atoms with Crippen LogP contribution in [0.25, 0.3) is 0 Å². The Hall–Kier alpha value is -1.01. The Morgan fingerprint density at radius 2 is 2.31 bits per heavy atom. The van der Waals surface area contributed by atoms with Crippen LogP contribution in [-0.4, -0.2) is 34.0 Å². The van der Waals surface area contributed by atoms with Gasteiger partial charge in [-0.25, -0.2) is 8.78 Å². The number of hydrogen-bond donors (Lipinski definition) is 2. The molecule has 0 atom stereocenters. The summed E-state index contributed by atoms with van der Waals surface area (Å²) in [6.07, 6.45) is 2.60. The first-order valence-corrected chi connectivity index (χ1v) is 5.29. The van der Waals surface area contributed by atoms with Gasteiger partial charge in [0.05, 0.1) is 12.2 Å². The molecule has 1 rings (SSSR count). The molecule has 0 aliphatic rings. The number of rotatable bonds is 7. The molecular weight excluding hydrogens is 216 g/mol. The molecule has 0 unspecified atom stereocenters. The van der Waals surface area contributed by atoms with E-state index >= 15 is 0 Å². The lowest BCUT2D eigenvalue weighted by Crippen LogP contribution is -2.35. The largest absolute Gasteiger partial charge is 0.390 e. The molecule has 16 heavy (non-hydrogen) atoms. The fourth-order valence-corrected chi connectivity index (χ4v) is 1.35. The molecule has 0 aliphatic heterocycles. The topological polar surface area (TPSA) is 50.1 Å². The van der Waals surface area contributed by atoms with E-state index in [-0.39, 0.29) is 0 Å². The maximum Gasteiger partial charge on any atom is 0.282 e. The van der Waals surface area contributed by atoms with Crippen molar-refractivity contribution in [2.75, 3.05) is 13.2 Å². The molecule has 4 nitrogen and oxygen atoms in total. The lowest BCUT2D eigenvalue weighted by atomic mass is 10.3. The Labute approximate surface area is 93.3 Å². The average molecular weight is 233 g/mol. The van der Waals surface area contributed by atoms with Crippen molar-refractivity contribution in [1.82, 2.24) is 15.1 Å². The van der Waals surface area contributed by atoms with Crippen LogP contribution in [0.2, 0.25) is 0 Å². The fraction of sp³-hybridized carbons (Fsp3) is 0.700. The molecule has 0 radical (unpaired) electrons. The summed E-state index contributed by atoms with van der Waals surface area (Å²) in [5, 5.41) is 15.1. The van der Waals surface area contributed by atoms with Crippen LogP contribution in [0.15, 0.2) is 12.3 Å². The van der Waals surface area contributed by atoms with Gasteiger partial charge in [-0.15, -0.1) is 0 Å². The molecule has 0 fully saturated rings. The number of aliphatic hydroxyl groups excluding tert-OH is 1. The zero-order chi connectivity index (χ0) is 12.0. The molecule has 0 saturated carbocycles. The Bertz CT molecular complexity index is 315. The summed E-state index contributed by atoms with van der Waals surface area (Å²) in [5.41, 5.74) is 0.871. The fourth-order valence-electron chi connectivity index (χ4n) is 1.35. The number of alkyl halides is 2. The van der Waals surface area contributed by atoms with E-state index in [2.05, 4.69) is 10.4 Å². The van der Waals surface area contributed by atoms with Crippen LogP contribution in [0, 0.1) is 0 Å². The summed E-state index contributed by atoms with van der Waals surface area (Å²) < 4.78 is 27.2. The number of aliphatic hydroxyl groups is 1. The number of aryl methyl sites for hydroxylation is 1. The van der Waals surface area contributed by atoms with E-state index in [1.54, 1.807) is 16.9 Å². The highest BCUT2D eigenvalue weighted by atomic mass is 19.3. The Morgan fingerprint density at radius 1 is 1.56 bits per heavy atom. The van der Waals surface area contributed by atoms with Gasteiger partial charge in [0.25, 0.3) is 5.92 Å². The van der Waals surface area contributed by atoms with Gasteiger partial charge in [-0.3, -0.25) is 4.68 Å². The summed E-state index contributed by atoms with van der Waals surface area (Å²) in [5.74, 6) is -3.06. The number of nitrogens with one attached hydrogen (secondary N) is 1. The van der Waals surface area contributed by atoms with Crippen molar-refractivity contribution < 1.29 is 13.9 Å². The number of nitrogens with zero attached hydrogens (tertiary/aromatic N) is 2. The summed E-state index contributed by atoms with van der Waals surface area (Å²) in [7, 11) is 0. The van der Waals surface area contributed by atoms with Crippen LogP contribution in [0.1, 0.15) is 19.0 Å². The van der Waals surface area contributed by atoms with Gasteiger partial charge < -0.3 is 10.4 Å². The zero-order valence-electron chi connectivity index (χ0n) is 9.29. The van der Waals surface area contributed by atoms with Gasteiger partial charge in [-0.2, -0.15) is 5.10 Å². The molecule has 1 aromatic rings. The lowest BCUT2D eigenvalue weighted by Gasteiger charge is -2.14. The number of hydrogen-bond acceptors (Lipinski definition) is 3. The first-order valence-electron chi connectivity index (χ1n) is 5.29. The highest BCUT2D eigenvalue weighted by Crippen LogP contribution is 2.10. The molecule has 1 aromatic heterocycles. The lowest BCUT2D eigenvalue weighted by molar-refractivity contribution is -0.0478. The monoisotopic (exact) mass is 233 g/mol. The van der Waals surface area contributed by atoms with Gasteiger partial charge >= 0.3 is 0 Å². The van der Waals surface area contributed by atoms with Crippen molar-refractivity contribution in [3.63, 3.8) is 0 Å². The summed E-state index contributed by atoms with van der Waals surface area (Å²) in [6, 6.07) is 1.79. The highest BCUT2D eigenvalue weighted by Gasteiger charge is 2.26. The van der Waals surface area contributed by atoms with Crippen LogP contribution < -0.4 is 5.32 Å². The van der Waals surface area contributed by atoms with Crippen molar-refractivity contribution in [1.29, 1.82) is 0 Å². The Kier molecular flexibility index (Phi) is 4.82. The van der Waals surface area contributed by atoms with E-state index in [1.807, 2.05) is 6.92 Å². The Morgan fingerprint density at radius 3 is 2.94 bits per heavy atom. The third-order valence-electron chi connectivity index (χ3n) is 2.16. The van der Waals surface area contributed by atoms with Gasteiger partial charge in [0, 0.05) is 19.3 Å². The molecule has 0 saturated heterocycles. The standard InChI is InChI=1S/C10H17F2N3O/c1-2-5-15-9(3-4-14-15)6-13-7-10(11,12)8-16/h3-4,13,16H,2,5-8H2,1H3. The van der Waals surface area contributed by atoms with Crippen molar-refractivity contribution in [3.8, 4) is 0 Å². The van der Waals surface area contributed by atoms with E-state index in [4.69, 9.17) is 5.11 Å². The molecule has 0 spiro atoms. The minimum Gasteiger partial charge on any atom is -0.390 e. The van der Waals surface area contributed by atoms with Crippen LogP contribution in [0.5, 0.6) is 0 Å². The minimum absolute atomic E-state index is 0.329. The van der Waals surface area contributed by atoms with Gasteiger partial charge in [-0.05, 0) is 12.5 Å². The van der Waals surface area contributed by atoms with Crippen LogP contribution in [-0.2, 0) is 13.1 Å². The Balaban J connectivity index is 2.39. The maximum atomic E-state index is 12.7. The minimum atomic E-state index is -3.06. The zero-order valence-corrected chi connectivity index (χ0v) is 9.29. The molecule has 0 aliphatic carbocycles.